The highest BCUT2D eigenvalue weighted by atomic mass is 16.5. The molecule has 2 N–H and O–H groups in total. The summed E-state index contributed by atoms with van der Waals surface area (Å²) in [7, 11) is 0. The van der Waals surface area contributed by atoms with Crippen molar-refractivity contribution in [2.75, 3.05) is 13.2 Å². The summed E-state index contributed by atoms with van der Waals surface area (Å²) in [6.45, 7) is 4.92. The number of hydrogen-bond acceptors (Lipinski definition) is 3. The minimum Gasteiger partial charge on any atom is -0.490 e. The smallest absolute Gasteiger partial charge is 0.127 e. The first-order valence-corrected chi connectivity index (χ1v) is 5.19. The molecule has 0 aliphatic carbocycles. The van der Waals surface area contributed by atoms with Crippen molar-refractivity contribution < 1.29 is 9.84 Å². The van der Waals surface area contributed by atoms with Crippen molar-refractivity contribution >= 4 is 0 Å². The van der Waals surface area contributed by atoms with Gasteiger partial charge in [-0.25, -0.2) is 0 Å². The number of rotatable bonds is 6. The Balaban J connectivity index is 2.19. The molecule has 3 nitrogen and oxygen atoms in total. The average molecular weight is 208 g/mol. The highest BCUT2D eigenvalue weighted by Gasteiger charge is 2.05. The summed E-state index contributed by atoms with van der Waals surface area (Å²) in [4.78, 5) is 0. The number of hydrogen-bond donors (Lipinski definition) is 2. The van der Waals surface area contributed by atoms with Gasteiger partial charge in [-0.05, 0) is 6.07 Å². The molecule has 3 heteroatoms. The van der Waals surface area contributed by atoms with E-state index in [1.54, 1.807) is 6.07 Å². The van der Waals surface area contributed by atoms with Gasteiger partial charge in [0, 0.05) is 18.7 Å². The lowest BCUT2D eigenvalue weighted by molar-refractivity contribution is 0.104. The average Bonchev–Trinajstić information content (AvgIpc) is 2.25. The molecule has 0 aliphatic rings. The second kappa shape index (κ2) is 6.43. The van der Waals surface area contributed by atoms with Crippen LogP contribution < -0.4 is 10.1 Å². The van der Waals surface area contributed by atoms with Crippen LogP contribution in [0.1, 0.15) is 13.8 Å². The summed E-state index contributed by atoms with van der Waals surface area (Å²) in [6, 6.07) is 10.7. The van der Waals surface area contributed by atoms with Gasteiger partial charge in [-0.15, -0.1) is 0 Å². The van der Waals surface area contributed by atoms with E-state index in [9.17, 15) is 5.11 Å². The maximum absolute atomic E-state index is 9.56. The summed E-state index contributed by atoms with van der Waals surface area (Å²) in [6.07, 6.45) is -0.485. The van der Waals surface area contributed by atoms with E-state index in [0.717, 1.165) is 0 Å². The first kappa shape index (κ1) is 12.0. The van der Waals surface area contributed by atoms with Crippen molar-refractivity contribution in [3.05, 3.63) is 30.3 Å². The van der Waals surface area contributed by atoms with Gasteiger partial charge in [-0.2, -0.15) is 0 Å². The molecule has 1 unspecified atom stereocenters. The van der Waals surface area contributed by atoms with Gasteiger partial charge in [0.15, 0.2) is 0 Å². The van der Waals surface area contributed by atoms with Crippen LogP contribution >= 0.6 is 0 Å². The molecular weight excluding hydrogens is 190 g/mol. The van der Waals surface area contributed by atoms with E-state index in [2.05, 4.69) is 11.4 Å². The number of aliphatic hydroxyl groups excluding tert-OH is 1. The maximum Gasteiger partial charge on any atom is 0.127 e. The number of nitrogens with one attached hydrogen (secondary N) is 1. The Morgan fingerprint density at radius 1 is 1.47 bits per heavy atom. The first-order valence-electron chi connectivity index (χ1n) is 5.19. The Kier molecular flexibility index (Phi) is 5.15. The van der Waals surface area contributed by atoms with Crippen LogP contribution in [0.3, 0.4) is 0 Å². The van der Waals surface area contributed by atoms with Crippen LogP contribution in [0.5, 0.6) is 5.75 Å². The molecule has 83 valence electrons. The highest BCUT2D eigenvalue weighted by molar-refractivity contribution is 5.19. The first-order chi connectivity index (χ1) is 7.18. The third-order valence-electron chi connectivity index (χ3n) is 1.87. The molecule has 0 aliphatic heterocycles. The van der Waals surface area contributed by atoms with Gasteiger partial charge in [0.2, 0.25) is 0 Å². The molecule has 15 heavy (non-hydrogen) atoms. The quantitative estimate of drug-likeness (QED) is 0.738. The molecular formula is C12H18NO2. The molecule has 0 amide bonds. The van der Waals surface area contributed by atoms with Crippen molar-refractivity contribution in [2.45, 2.75) is 26.0 Å². The van der Waals surface area contributed by atoms with Gasteiger partial charge >= 0.3 is 0 Å². The molecule has 0 heterocycles. The molecule has 1 atom stereocenters. The van der Waals surface area contributed by atoms with E-state index in [4.69, 9.17) is 4.74 Å². The van der Waals surface area contributed by atoms with E-state index in [-0.39, 0.29) is 0 Å². The van der Waals surface area contributed by atoms with Crippen molar-refractivity contribution in [3.8, 4) is 5.75 Å². The summed E-state index contributed by atoms with van der Waals surface area (Å²) in [5, 5.41) is 12.7. The van der Waals surface area contributed by atoms with Crippen LogP contribution in [0.25, 0.3) is 0 Å². The summed E-state index contributed by atoms with van der Waals surface area (Å²) in [5.41, 5.74) is 0. The van der Waals surface area contributed by atoms with Gasteiger partial charge in [-0.3, -0.25) is 0 Å². The zero-order chi connectivity index (χ0) is 11.1. The van der Waals surface area contributed by atoms with Crippen molar-refractivity contribution in [1.82, 2.24) is 5.32 Å². The predicted octanol–water partition coefficient (Wildman–Crippen LogP) is 1.22. The second-order valence-electron chi connectivity index (χ2n) is 3.75. The van der Waals surface area contributed by atoms with E-state index in [1.807, 2.05) is 32.0 Å². The number of benzene rings is 1. The normalized spacial score (nSPS) is 12.8. The van der Waals surface area contributed by atoms with Gasteiger partial charge in [0.05, 0.1) is 0 Å². The van der Waals surface area contributed by atoms with E-state index in [1.165, 1.54) is 0 Å². The lowest BCUT2D eigenvalue weighted by Crippen LogP contribution is -2.35. The minimum atomic E-state index is -0.485. The minimum absolute atomic E-state index is 0.292. The van der Waals surface area contributed by atoms with Crippen LogP contribution in [0.15, 0.2) is 24.3 Å². The van der Waals surface area contributed by atoms with E-state index < -0.39 is 6.10 Å². The van der Waals surface area contributed by atoms with Crippen LogP contribution in [-0.4, -0.2) is 30.4 Å². The zero-order valence-electron chi connectivity index (χ0n) is 9.23. The number of aliphatic hydroxyl groups is 1. The third-order valence-corrected chi connectivity index (χ3v) is 1.87. The molecule has 0 saturated carbocycles. The molecule has 0 saturated heterocycles. The van der Waals surface area contributed by atoms with E-state index >= 15 is 0 Å². The molecule has 1 aromatic carbocycles. The molecule has 1 aromatic rings. The molecule has 0 bridgehead atoms. The fourth-order valence-electron chi connectivity index (χ4n) is 1.08. The van der Waals surface area contributed by atoms with Crippen molar-refractivity contribution in [3.63, 3.8) is 0 Å². The Morgan fingerprint density at radius 3 is 2.87 bits per heavy atom. The van der Waals surface area contributed by atoms with E-state index in [0.29, 0.717) is 24.9 Å². The van der Waals surface area contributed by atoms with Crippen LogP contribution in [0.4, 0.5) is 0 Å². The predicted molar refractivity (Wildman–Crippen MR) is 59.9 cm³/mol. The largest absolute Gasteiger partial charge is 0.490 e. The van der Waals surface area contributed by atoms with Crippen LogP contribution in [0.2, 0.25) is 0 Å². The lowest BCUT2D eigenvalue weighted by Gasteiger charge is -2.14. The molecule has 0 aromatic heterocycles. The summed E-state index contributed by atoms with van der Waals surface area (Å²) >= 11 is 0. The van der Waals surface area contributed by atoms with Gasteiger partial charge in [0.1, 0.15) is 18.5 Å². The van der Waals surface area contributed by atoms with Gasteiger partial charge < -0.3 is 15.2 Å². The molecule has 0 spiro atoms. The van der Waals surface area contributed by atoms with Crippen molar-refractivity contribution in [2.24, 2.45) is 0 Å². The maximum atomic E-state index is 9.56. The molecule has 0 fully saturated rings. The standard InChI is InChI=1S/C12H18NO2/c1-10(2)13-8-11(14)9-15-12-6-4-3-5-7-12/h3-6,10-11,13-14H,8-9H2,1-2H3. The monoisotopic (exact) mass is 208 g/mol. The highest BCUT2D eigenvalue weighted by Crippen LogP contribution is 2.07. The third kappa shape index (κ3) is 5.40. The summed E-state index contributed by atoms with van der Waals surface area (Å²) in [5.74, 6) is 0.668. The topological polar surface area (TPSA) is 41.5 Å². The van der Waals surface area contributed by atoms with Gasteiger partial charge in [0.25, 0.3) is 0 Å². The lowest BCUT2D eigenvalue weighted by atomic mass is 10.3. The van der Waals surface area contributed by atoms with Crippen LogP contribution in [0, 0.1) is 6.07 Å². The van der Waals surface area contributed by atoms with Crippen molar-refractivity contribution in [1.29, 1.82) is 0 Å². The fraction of sp³-hybridized carbons (Fsp3) is 0.500. The Morgan fingerprint density at radius 2 is 2.27 bits per heavy atom. The Labute approximate surface area is 91.1 Å². The SMILES string of the molecule is CC(C)NCC(O)COc1[c]cccc1. The molecule has 1 rings (SSSR count). The molecule has 1 radical (unpaired) electrons. The zero-order valence-corrected chi connectivity index (χ0v) is 9.23. The Bertz CT molecular complexity index is 262. The fourth-order valence-corrected chi connectivity index (χ4v) is 1.08. The van der Waals surface area contributed by atoms with Crippen LogP contribution in [-0.2, 0) is 0 Å². The Hall–Kier alpha value is -1.06. The summed E-state index contributed by atoms with van der Waals surface area (Å²) < 4.78 is 5.35. The van der Waals surface area contributed by atoms with Gasteiger partial charge in [-0.1, -0.05) is 32.0 Å². The number of ether oxygens (including phenoxy) is 1. The second-order valence-corrected chi connectivity index (χ2v) is 3.75. The number of para-hydroxylation sites is 1.